The summed E-state index contributed by atoms with van der Waals surface area (Å²) in [7, 11) is 0. The molecule has 0 N–H and O–H groups in total. The number of rotatable bonds is 3. The van der Waals surface area contributed by atoms with Gasteiger partial charge in [0.1, 0.15) is 0 Å². The van der Waals surface area contributed by atoms with E-state index < -0.39 is 0 Å². The van der Waals surface area contributed by atoms with Crippen LogP contribution in [0.2, 0.25) is 0 Å². The Morgan fingerprint density at radius 1 is 0.900 bits per heavy atom. The molecule has 0 aliphatic carbocycles. The van der Waals surface area contributed by atoms with Gasteiger partial charge in [-0.05, 0) is 4.74 Å². The molecule has 2 heteroatoms. The van der Waals surface area contributed by atoms with E-state index in [0.29, 0.717) is 0 Å². The van der Waals surface area contributed by atoms with Gasteiger partial charge in [0, 0.05) is 25.0 Å². The van der Waals surface area contributed by atoms with Crippen LogP contribution in [0.3, 0.4) is 0 Å². The van der Waals surface area contributed by atoms with Crippen LogP contribution in [-0.2, 0) is 0 Å². The van der Waals surface area contributed by atoms with E-state index in [9.17, 15) is 0 Å². The van der Waals surface area contributed by atoms with Crippen LogP contribution in [0.15, 0.2) is 71.3 Å². The molecule has 1 aromatic heterocycles. The third-order valence-electron chi connectivity index (χ3n) is 3.58. The Balaban J connectivity index is 1.98. The van der Waals surface area contributed by atoms with E-state index in [2.05, 4.69) is 56.3 Å². The van der Waals surface area contributed by atoms with Crippen LogP contribution in [0.25, 0.3) is 11.3 Å². The molecule has 0 saturated carbocycles. The Labute approximate surface area is 119 Å². The van der Waals surface area contributed by atoms with Gasteiger partial charge in [-0.15, -0.1) is 0 Å². The summed E-state index contributed by atoms with van der Waals surface area (Å²) >= 11 is 0. The van der Waals surface area contributed by atoms with E-state index in [1.807, 2.05) is 29.0 Å². The van der Waals surface area contributed by atoms with Crippen molar-refractivity contribution >= 4 is 0 Å². The Kier molecular flexibility index (Phi) is 3.38. The highest BCUT2D eigenvalue weighted by molar-refractivity contribution is 5.56. The van der Waals surface area contributed by atoms with Crippen molar-refractivity contribution in [3.8, 4) is 11.3 Å². The maximum atomic E-state index is 6.03. The standard InChI is InChI=1S/C18H18NO/c1-14-13-18(17-11-7-4-8-12-17)20-19(14)15(2)16-9-5-3-6-10-16/h3-13,15H,1-2H3/q+1. The first-order valence-corrected chi connectivity index (χ1v) is 6.88. The lowest BCUT2D eigenvalue weighted by molar-refractivity contribution is -0.876. The van der Waals surface area contributed by atoms with Crippen LogP contribution >= 0.6 is 0 Å². The summed E-state index contributed by atoms with van der Waals surface area (Å²) in [6, 6.07) is 22.9. The minimum Gasteiger partial charge on any atom is -0.235 e. The van der Waals surface area contributed by atoms with Crippen molar-refractivity contribution in [2.75, 3.05) is 0 Å². The number of nitrogens with zero attached hydrogens (tertiary/aromatic N) is 1. The van der Waals surface area contributed by atoms with Gasteiger partial charge in [0.25, 0.3) is 0 Å². The molecule has 1 unspecified atom stereocenters. The van der Waals surface area contributed by atoms with Crippen LogP contribution in [0.5, 0.6) is 0 Å². The van der Waals surface area contributed by atoms with E-state index >= 15 is 0 Å². The molecular weight excluding hydrogens is 246 g/mol. The Morgan fingerprint density at radius 3 is 2.15 bits per heavy atom. The minimum atomic E-state index is 0.189. The summed E-state index contributed by atoms with van der Waals surface area (Å²) in [4.78, 5) is 0. The largest absolute Gasteiger partial charge is 0.235 e. The lowest BCUT2D eigenvalue weighted by Gasteiger charge is -2.03. The molecule has 3 aromatic rings. The van der Waals surface area contributed by atoms with Gasteiger partial charge >= 0.3 is 0 Å². The topological polar surface area (TPSA) is 17.0 Å². The first kappa shape index (κ1) is 12.7. The molecule has 0 fully saturated rings. The molecule has 100 valence electrons. The van der Waals surface area contributed by atoms with Crippen LogP contribution in [-0.4, -0.2) is 0 Å². The fraction of sp³-hybridized carbons (Fsp3) is 0.167. The highest BCUT2D eigenvalue weighted by atomic mass is 16.5. The predicted octanol–water partition coefficient (Wildman–Crippen LogP) is 4.15. The quantitative estimate of drug-likeness (QED) is 0.649. The zero-order chi connectivity index (χ0) is 13.9. The molecule has 3 rings (SSSR count). The highest BCUT2D eigenvalue weighted by Gasteiger charge is 2.24. The normalized spacial score (nSPS) is 12.3. The Hall–Kier alpha value is -2.35. The summed E-state index contributed by atoms with van der Waals surface area (Å²) in [5.74, 6) is 0.908. The third kappa shape index (κ3) is 2.37. The Bertz CT molecular complexity index is 686. The highest BCUT2D eigenvalue weighted by Crippen LogP contribution is 2.21. The number of hydrogen-bond donors (Lipinski definition) is 0. The van der Waals surface area contributed by atoms with Crippen LogP contribution < -0.4 is 4.74 Å². The van der Waals surface area contributed by atoms with Crippen molar-refractivity contribution in [2.24, 2.45) is 0 Å². The van der Waals surface area contributed by atoms with E-state index in [4.69, 9.17) is 4.52 Å². The molecule has 2 nitrogen and oxygen atoms in total. The molecular formula is C18H18NO+. The number of aromatic nitrogens is 1. The smallest absolute Gasteiger partial charge is 0.229 e. The number of hydrogen-bond acceptors (Lipinski definition) is 1. The molecule has 0 amide bonds. The van der Waals surface area contributed by atoms with Gasteiger partial charge in [0.2, 0.25) is 17.5 Å². The van der Waals surface area contributed by atoms with E-state index in [-0.39, 0.29) is 6.04 Å². The zero-order valence-electron chi connectivity index (χ0n) is 11.8. The molecule has 1 atom stereocenters. The van der Waals surface area contributed by atoms with Crippen molar-refractivity contribution in [3.63, 3.8) is 0 Å². The zero-order valence-corrected chi connectivity index (χ0v) is 11.8. The van der Waals surface area contributed by atoms with E-state index in [1.165, 1.54) is 5.56 Å². The van der Waals surface area contributed by atoms with Crippen molar-refractivity contribution in [3.05, 3.63) is 78.0 Å². The van der Waals surface area contributed by atoms with Crippen LogP contribution in [0, 0.1) is 6.92 Å². The fourth-order valence-corrected chi connectivity index (χ4v) is 2.45. The fourth-order valence-electron chi connectivity index (χ4n) is 2.45. The van der Waals surface area contributed by atoms with Gasteiger partial charge in [-0.3, -0.25) is 0 Å². The van der Waals surface area contributed by atoms with Crippen molar-refractivity contribution in [1.29, 1.82) is 0 Å². The Morgan fingerprint density at radius 2 is 1.50 bits per heavy atom. The molecule has 20 heavy (non-hydrogen) atoms. The second kappa shape index (κ2) is 5.33. The SMILES string of the molecule is Cc1cc(-c2ccccc2)o[n+]1C(C)c1ccccc1. The molecule has 0 radical (unpaired) electrons. The maximum absolute atomic E-state index is 6.03. The van der Waals surface area contributed by atoms with Gasteiger partial charge in [0.05, 0.1) is 6.07 Å². The summed E-state index contributed by atoms with van der Waals surface area (Å²) in [5.41, 5.74) is 3.48. The monoisotopic (exact) mass is 264 g/mol. The van der Waals surface area contributed by atoms with Crippen LogP contribution in [0.1, 0.15) is 24.2 Å². The molecule has 0 aliphatic heterocycles. The molecule has 0 aliphatic rings. The van der Waals surface area contributed by atoms with Gasteiger partial charge in [-0.25, -0.2) is 4.52 Å². The van der Waals surface area contributed by atoms with Gasteiger partial charge in [-0.1, -0.05) is 60.7 Å². The van der Waals surface area contributed by atoms with Crippen molar-refractivity contribution in [2.45, 2.75) is 19.9 Å². The van der Waals surface area contributed by atoms with Crippen molar-refractivity contribution < 1.29 is 9.26 Å². The lowest BCUT2D eigenvalue weighted by atomic mass is 10.1. The lowest BCUT2D eigenvalue weighted by Crippen LogP contribution is -2.38. The number of aryl methyl sites for hydroxylation is 1. The summed E-state index contributed by atoms with van der Waals surface area (Å²) < 4.78 is 8.00. The summed E-state index contributed by atoms with van der Waals surface area (Å²) in [5, 5.41) is 0. The van der Waals surface area contributed by atoms with E-state index in [1.54, 1.807) is 0 Å². The molecule has 1 heterocycles. The van der Waals surface area contributed by atoms with E-state index in [0.717, 1.165) is 17.0 Å². The van der Waals surface area contributed by atoms with Gasteiger partial charge < -0.3 is 0 Å². The summed E-state index contributed by atoms with van der Waals surface area (Å²) in [6.07, 6.45) is 0. The predicted molar refractivity (Wildman–Crippen MR) is 79.3 cm³/mol. The average Bonchev–Trinajstić information content (AvgIpc) is 2.90. The van der Waals surface area contributed by atoms with Gasteiger partial charge in [-0.2, -0.15) is 0 Å². The maximum Gasteiger partial charge on any atom is 0.229 e. The number of benzene rings is 2. The van der Waals surface area contributed by atoms with Crippen LogP contribution in [0.4, 0.5) is 0 Å². The molecule has 0 bridgehead atoms. The summed E-state index contributed by atoms with van der Waals surface area (Å²) in [6.45, 7) is 4.23. The minimum absolute atomic E-state index is 0.189. The first-order valence-electron chi connectivity index (χ1n) is 6.88. The molecule has 0 spiro atoms. The molecule has 2 aromatic carbocycles. The third-order valence-corrected chi connectivity index (χ3v) is 3.58. The van der Waals surface area contributed by atoms with Crippen molar-refractivity contribution in [1.82, 2.24) is 0 Å². The van der Waals surface area contributed by atoms with Gasteiger partial charge in [0.15, 0.2) is 0 Å². The average molecular weight is 264 g/mol. The second-order valence-electron chi connectivity index (χ2n) is 5.02. The molecule has 0 saturated heterocycles. The second-order valence-corrected chi connectivity index (χ2v) is 5.02. The first-order chi connectivity index (χ1) is 9.75.